The number of pyridine rings is 2. The van der Waals surface area contributed by atoms with E-state index in [1.54, 1.807) is 0 Å². The Kier molecular flexibility index (Phi) is 4.00. The van der Waals surface area contributed by atoms with E-state index in [-0.39, 0.29) is 5.41 Å². The largest absolute Gasteiger partial charge is 0.437 e. The Bertz CT molecular complexity index is 1130. The van der Waals surface area contributed by atoms with Gasteiger partial charge in [-0.1, -0.05) is 52.5 Å². The maximum atomic E-state index is 6.38. The Balaban J connectivity index is 2.11. The molecule has 0 fully saturated rings. The fourth-order valence-corrected chi connectivity index (χ4v) is 5.11. The van der Waals surface area contributed by atoms with Crippen molar-refractivity contribution in [2.24, 2.45) is 0 Å². The number of nitrogens with zero attached hydrogens (tertiary/aromatic N) is 2. The van der Waals surface area contributed by atoms with Gasteiger partial charge in [-0.2, -0.15) is 0 Å². The van der Waals surface area contributed by atoms with Crippen LogP contribution in [0.2, 0.25) is 19.6 Å². The Morgan fingerprint density at radius 2 is 1.70 bits per heavy atom. The van der Waals surface area contributed by atoms with Gasteiger partial charge in [0.05, 0.1) is 13.8 Å². The summed E-state index contributed by atoms with van der Waals surface area (Å²) in [5, 5.41) is 3.72. The molecule has 4 aromatic rings. The van der Waals surface area contributed by atoms with Crippen molar-refractivity contribution >= 4 is 35.3 Å². The van der Waals surface area contributed by atoms with Gasteiger partial charge < -0.3 is 4.42 Å². The third-order valence-corrected chi connectivity index (χ3v) is 7.04. The van der Waals surface area contributed by atoms with Crippen molar-refractivity contribution in [3.05, 3.63) is 54.4 Å². The van der Waals surface area contributed by atoms with Crippen LogP contribution in [0.5, 0.6) is 0 Å². The van der Waals surface area contributed by atoms with Crippen molar-refractivity contribution in [2.75, 3.05) is 0 Å². The molecule has 0 bridgehead atoms. The lowest BCUT2D eigenvalue weighted by atomic mass is 9.91. The standard InChI is InChI=1S/C23H26N2OSi/c1-23(2,3)19-13-11-16-20-18(27(4,5)6)12-10-15(17-9-7-8-14-24-17)21(20)26-22(16)25-19/h7-14H,1-6H3. The molecule has 3 heterocycles. The van der Waals surface area contributed by atoms with Crippen molar-refractivity contribution in [2.45, 2.75) is 45.8 Å². The lowest BCUT2D eigenvalue weighted by molar-refractivity contribution is 0.562. The minimum absolute atomic E-state index is 0.0153. The van der Waals surface area contributed by atoms with E-state index in [0.717, 1.165) is 33.6 Å². The maximum absolute atomic E-state index is 6.38. The molecule has 0 spiro atoms. The van der Waals surface area contributed by atoms with Crippen molar-refractivity contribution in [3.8, 4) is 11.3 Å². The molecule has 138 valence electrons. The monoisotopic (exact) mass is 374 g/mol. The van der Waals surface area contributed by atoms with Crippen LogP contribution in [0.4, 0.5) is 0 Å². The molecule has 0 saturated heterocycles. The minimum Gasteiger partial charge on any atom is -0.437 e. The average Bonchev–Trinajstić information content (AvgIpc) is 2.98. The van der Waals surface area contributed by atoms with E-state index in [9.17, 15) is 0 Å². The summed E-state index contributed by atoms with van der Waals surface area (Å²) in [6, 6.07) is 14.7. The zero-order valence-electron chi connectivity index (χ0n) is 16.9. The number of fused-ring (bicyclic) bond motifs is 3. The van der Waals surface area contributed by atoms with E-state index in [2.05, 4.69) is 69.7 Å². The summed E-state index contributed by atoms with van der Waals surface area (Å²) in [6.45, 7) is 13.7. The second kappa shape index (κ2) is 6.03. The lowest BCUT2D eigenvalue weighted by Gasteiger charge is -2.19. The fraction of sp³-hybridized carbons (Fsp3) is 0.304. The molecule has 0 atom stereocenters. The number of benzene rings is 1. The first kappa shape index (κ1) is 17.9. The number of hydrogen-bond donors (Lipinski definition) is 0. The highest BCUT2D eigenvalue weighted by molar-refractivity contribution is 6.90. The summed E-state index contributed by atoms with van der Waals surface area (Å²) in [5.74, 6) is 0. The zero-order chi connectivity index (χ0) is 19.4. The van der Waals surface area contributed by atoms with Gasteiger partial charge in [0.1, 0.15) is 5.58 Å². The van der Waals surface area contributed by atoms with E-state index in [1.807, 2.05) is 24.4 Å². The number of aromatic nitrogens is 2. The van der Waals surface area contributed by atoms with Crippen LogP contribution in [0.1, 0.15) is 26.5 Å². The van der Waals surface area contributed by atoms with E-state index < -0.39 is 8.07 Å². The van der Waals surface area contributed by atoms with E-state index in [1.165, 1.54) is 10.6 Å². The normalized spacial score (nSPS) is 12.8. The Labute approximate surface area is 161 Å². The first-order valence-corrected chi connectivity index (χ1v) is 12.9. The number of hydrogen-bond acceptors (Lipinski definition) is 3. The second-order valence-corrected chi connectivity index (χ2v) is 14.3. The van der Waals surface area contributed by atoms with Crippen LogP contribution in [0.15, 0.2) is 53.1 Å². The van der Waals surface area contributed by atoms with Crippen LogP contribution in [-0.4, -0.2) is 18.0 Å². The van der Waals surface area contributed by atoms with Crippen LogP contribution in [0, 0.1) is 0 Å². The Morgan fingerprint density at radius 3 is 2.33 bits per heavy atom. The van der Waals surface area contributed by atoms with E-state index in [4.69, 9.17) is 9.40 Å². The summed E-state index contributed by atoms with van der Waals surface area (Å²) in [7, 11) is -1.56. The van der Waals surface area contributed by atoms with Gasteiger partial charge in [0.15, 0.2) is 0 Å². The second-order valence-electron chi connectivity index (χ2n) is 9.23. The molecule has 0 aliphatic heterocycles. The van der Waals surface area contributed by atoms with Gasteiger partial charge in [0.25, 0.3) is 0 Å². The molecular weight excluding hydrogens is 348 g/mol. The first-order chi connectivity index (χ1) is 12.7. The highest BCUT2D eigenvalue weighted by Crippen LogP contribution is 2.35. The van der Waals surface area contributed by atoms with Crippen LogP contribution in [-0.2, 0) is 5.41 Å². The van der Waals surface area contributed by atoms with Crippen LogP contribution < -0.4 is 5.19 Å². The molecule has 0 aliphatic carbocycles. The first-order valence-electron chi connectivity index (χ1n) is 9.45. The molecule has 4 heteroatoms. The van der Waals surface area contributed by atoms with E-state index >= 15 is 0 Å². The molecule has 1 aromatic carbocycles. The molecule has 0 amide bonds. The minimum atomic E-state index is -1.56. The van der Waals surface area contributed by atoms with Crippen molar-refractivity contribution in [1.29, 1.82) is 0 Å². The molecule has 0 aliphatic rings. The highest BCUT2D eigenvalue weighted by Gasteiger charge is 2.26. The molecule has 0 radical (unpaired) electrons. The van der Waals surface area contributed by atoms with Crippen LogP contribution in [0.25, 0.3) is 33.3 Å². The predicted molar refractivity (Wildman–Crippen MR) is 116 cm³/mol. The van der Waals surface area contributed by atoms with Crippen molar-refractivity contribution in [1.82, 2.24) is 9.97 Å². The summed E-state index contributed by atoms with van der Waals surface area (Å²) >= 11 is 0. The molecule has 27 heavy (non-hydrogen) atoms. The zero-order valence-corrected chi connectivity index (χ0v) is 17.9. The quantitative estimate of drug-likeness (QED) is 0.411. The summed E-state index contributed by atoms with van der Waals surface area (Å²) in [6.07, 6.45) is 1.83. The molecule has 0 N–H and O–H groups in total. The topological polar surface area (TPSA) is 38.9 Å². The smallest absolute Gasteiger partial charge is 0.227 e. The fourth-order valence-electron chi connectivity index (χ4n) is 3.53. The summed E-state index contributed by atoms with van der Waals surface area (Å²) in [4.78, 5) is 9.42. The van der Waals surface area contributed by atoms with Crippen molar-refractivity contribution in [3.63, 3.8) is 0 Å². The average molecular weight is 375 g/mol. The molecule has 3 aromatic heterocycles. The van der Waals surface area contributed by atoms with Gasteiger partial charge in [0.2, 0.25) is 5.71 Å². The molecular formula is C23H26N2OSi. The Hall–Kier alpha value is -2.46. The highest BCUT2D eigenvalue weighted by atomic mass is 28.3. The van der Waals surface area contributed by atoms with Crippen LogP contribution in [0.3, 0.4) is 0 Å². The van der Waals surface area contributed by atoms with Gasteiger partial charge in [-0.25, -0.2) is 4.98 Å². The number of rotatable bonds is 2. The Morgan fingerprint density at radius 1 is 0.926 bits per heavy atom. The summed E-state index contributed by atoms with van der Waals surface area (Å²) < 4.78 is 6.38. The number of furan rings is 1. The van der Waals surface area contributed by atoms with Gasteiger partial charge >= 0.3 is 0 Å². The van der Waals surface area contributed by atoms with Gasteiger partial charge in [-0.3, -0.25) is 4.98 Å². The summed E-state index contributed by atoms with van der Waals surface area (Å²) in [5.41, 5.74) is 4.62. The molecule has 0 unspecified atom stereocenters. The third kappa shape index (κ3) is 3.08. The predicted octanol–water partition coefficient (Wildman–Crippen LogP) is 5.89. The van der Waals surface area contributed by atoms with E-state index in [0.29, 0.717) is 0 Å². The van der Waals surface area contributed by atoms with Crippen LogP contribution >= 0.6 is 0 Å². The SMILES string of the molecule is CC(C)(C)c1ccc2c(n1)oc1c(-c3ccccn3)ccc([Si](C)(C)C)c12. The van der Waals surface area contributed by atoms with Gasteiger partial charge in [-0.05, 0) is 35.5 Å². The third-order valence-electron chi connectivity index (χ3n) is 5.00. The van der Waals surface area contributed by atoms with Crippen molar-refractivity contribution < 1.29 is 4.42 Å². The lowest BCUT2D eigenvalue weighted by Crippen LogP contribution is -2.37. The molecule has 3 nitrogen and oxygen atoms in total. The van der Waals surface area contributed by atoms with Gasteiger partial charge in [0, 0.05) is 33.6 Å². The molecule has 4 rings (SSSR count). The maximum Gasteiger partial charge on any atom is 0.227 e. The molecule has 0 saturated carbocycles. The van der Waals surface area contributed by atoms with Gasteiger partial charge in [-0.15, -0.1) is 0 Å².